The second kappa shape index (κ2) is 11.1. The maximum Gasteiger partial charge on any atom is 0.103 e. The van der Waals surface area contributed by atoms with Crippen molar-refractivity contribution >= 4 is 55.8 Å². The van der Waals surface area contributed by atoms with Crippen LogP contribution in [0, 0.1) is 22.7 Å². The van der Waals surface area contributed by atoms with Gasteiger partial charge in [0.25, 0.3) is 0 Å². The molecule has 220 valence electrons. The van der Waals surface area contributed by atoms with Gasteiger partial charge in [-0.25, -0.2) is 0 Å². The zero-order valence-corrected chi connectivity index (χ0v) is 25.8. The van der Waals surface area contributed by atoms with Gasteiger partial charge in [0.05, 0.1) is 44.6 Å². The van der Waals surface area contributed by atoms with Crippen LogP contribution in [-0.4, -0.2) is 9.13 Å². The van der Waals surface area contributed by atoms with Crippen LogP contribution in [0.4, 0.5) is 0 Å². The third kappa shape index (κ3) is 4.13. The Bertz CT molecular complexity index is 2670. The number of para-hydroxylation sites is 2. The summed E-state index contributed by atoms with van der Waals surface area (Å²) >= 11 is 0. The highest BCUT2D eigenvalue weighted by molar-refractivity contribution is 6.15. The Balaban J connectivity index is 1.55. The molecule has 0 saturated heterocycles. The highest BCUT2D eigenvalue weighted by Crippen LogP contribution is 2.42. The Hall–Kier alpha value is -6.62. The van der Waals surface area contributed by atoms with E-state index < -0.39 is 0 Å². The summed E-state index contributed by atoms with van der Waals surface area (Å²) in [6.45, 7) is 6.11. The van der Waals surface area contributed by atoms with Crippen molar-refractivity contribution in [3.63, 3.8) is 0 Å². The first-order valence-corrected chi connectivity index (χ1v) is 15.6. The topological polar surface area (TPSA) is 57.4 Å². The molecule has 0 spiro atoms. The van der Waals surface area contributed by atoms with Crippen molar-refractivity contribution < 1.29 is 0 Å². The molecular weight excluding hydrogens is 573 g/mol. The standard InChI is InChI=1S/C43H28N4/c1-3-12-32-28(4-2)19-23-40-42(32)34-16-9-11-18-38(34)46(40)41-24-21-31(26-44)36(27-45)43(41)47-37-17-10-8-15-33(37)35-25-30(20-22-39(35)47)29-13-6-5-7-14-29/h3-25H,2H2,1H3/b12-3-. The van der Waals surface area contributed by atoms with Gasteiger partial charge < -0.3 is 9.13 Å². The molecule has 0 radical (unpaired) electrons. The number of allylic oxidation sites excluding steroid dienone is 1. The molecule has 2 aromatic heterocycles. The summed E-state index contributed by atoms with van der Waals surface area (Å²) in [6, 6.07) is 46.2. The number of aromatic nitrogens is 2. The second-order valence-electron chi connectivity index (χ2n) is 11.5. The first-order chi connectivity index (χ1) is 23.2. The third-order valence-corrected chi connectivity index (χ3v) is 9.10. The quantitative estimate of drug-likeness (QED) is 0.197. The number of nitrogens with zero attached hydrogens (tertiary/aromatic N) is 4. The smallest absolute Gasteiger partial charge is 0.103 e. The summed E-state index contributed by atoms with van der Waals surface area (Å²) in [6.07, 6.45) is 6.08. The predicted octanol–water partition coefficient (Wildman–Crippen LogP) is 11.0. The lowest BCUT2D eigenvalue weighted by Crippen LogP contribution is -2.07. The minimum atomic E-state index is 0.335. The maximum atomic E-state index is 10.8. The third-order valence-electron chi connectivity index (χ3n) is 9.10. The molecule has 0 bridgehead atoms. The second-order valence-corrected chi connectivity index (χ2v) is 11.5. The molecule has 0 atom stereocenters. The Morgan fingerprint density at radius 2 is 1.30 bits per heavy atom. The fourth-order valence-electron chi connectivity index (χ4n) is 7.10. The van der Waals surface area contributed by atoms with Crippen molar-refractivity contribution in [1.29, 1.82) is 10.5 Å². The van der Waals surface area contributed by atoms with Gasteiger partial charge in [0.2, 0.25) is 0 Å². The van der Waals surface area contributed by atoms with E-state index in [2.05, 4.69) is 113 Å². The molecule has 2 heterocycles. The number of benzene rings is 6. The van der Waals surface area contributed by atoms with Crippen molar-refractivity contribution in [2.75, 3.05) is 0 Å². The van der Waals surface area contributed by atoms with Gasteiger partial charge in [0, 0.05) is 21.5 Å². The molecule has 0 N–H and O–H groups in total. The van der Waals surface area contributed by atoms with Gasteiger partial charge in [-0.1, -0.05) is 104 Å². The molecule has 0 aliphatic carbocycles. The Morgan fingerprint density at radius 1 is 0.617 bits per heavy atom. The van der Waals surface area contributed by atoms with E-state index in [4.69, 9.17) is 0 Å². The average Bonchev–Trinajstić information content (AvgIpc) is 3.64. The minimum absolute atomic E-state index is 0.335. The molecule has 4 heteroatoms. The van der Waals surface area contributed by atoms with Gasteiger partial charge in [0.15, 0.2) is 0 Å². The number of hydrogen-bond donors (Lipinski definition) is 0. The molecule has 0 unspecified atom stereocenters. The maximum absolute atomic E-state index is 10.8. The molecule has 6 aromatic carbocycles. The predicted molar refractivity (Wildman–Crippen MR) is 195 cm³/mol. The van der Waals surface area contributed by atoms with Crippen LogP contribution < -0.4 is 0 Å². The van der Waals surface area contributed by atoms with Crippen molar-refractivity contribution in [2.24, 2.45) is 0 Å². The monoisotopic (exact) mass is 600 g/mol. The lowest BCUT2D eigenvalue weighted by atomic mass is 10.00. The fourth-order valence-corrected chi connectivity index (χ4v) is 7.10. The van der Waals surface area contributed by atoms with Gasteiger partial charge in [0.1, 0.15) is 12.1 Å². The van der Waals surface area contributed by atoms with Crippen molar-refractivity contribution in [3.05, 3.63) is 156 Å². The Labute approximate surface area is 272 Å². The summed E-state index contributed by atoms with van der Waals surface area (Å²) in [7, 11) is 0. The van der Waals surface area contributed by atoms with E-state index in [9.17, 15) is 10.5 Å². The first kappa shape index (κ1) is 27.9. The summed E-state index contributed by atoms with van der Waals surface area (Å²) in [4.78, 5) is 0. The summed E-state index contributed by atoms with van der Waals surface area (Å²) < 4.78 is 4.40. The van der Waals surface area contributed by atoms with Crippen LogP contribution in [0.2, 0.25) is 0 Å². The normalized spacial score (nSPS) is 11.5. The zero-order valence-electron chi connectivity index (χ0n) is 25.8. The Morgan fingerprint density at radius 3 is 2.02 bits per heavy atom. The largest absolute Gasteiger partial charge is 0.307 e. The molecule has 47 heavy (non-hydrogen) atoms. The van der Waals surface area contributed by atoms with Crippen LogP contribution >= 0.6 is 0 Å². The molecule has 0 saturated carbocycles. The van der Waals surface area contributed by atoms with E-state index in [0.29, 0.717) is 16.8 Å². The molecule has 0 amide bonds. The van der Waals surface area contributed by atoms with Crippen molar-refractivity contribution in [3.8, 4) is 34.6 Å². The van der Waals surface area contributed by atoms with Crippen molar-refractivity contribution in [1.82, 2.24) is 9.13 Å². The summed E-state index contributed by atoms with van der Waals surface area (Å²) in [5.74, 6) is 0. The number of rotatable bonds is 5. The molecule has 8 aromatic rings. The minimum Gasteiger partial charge on any atom is -0.307 e. The van der Waals surface area contributed by atoms with Crippen LogP contribution in [-0.2, 0) is 0 Å². The highest BCUT2D eigenvalue weighted by atomic mass is 15.1. The molecular formula is C43H28N4. The fraction of sp³-hybridized carbons (Fsp3) is 0.0233. The lowest BCUT2D eigenvalue weighted by Gasteiger charge is -2.19. The van der Waals surface area contributed by atoms with Crippen LogP contribution in [0.3, 0.4) is 0 Å². The van der Waals surface area contributed by atoms with E-state index in [1.54, 1.807) is 6.07 Å². The van der Waals surface area contributed by atoms with Gasteiger partial charge >= 0.3 is 0 Å². The van der Waals surface area contributed by atoms with E-state index in [-0.39, 0.29) is 0 Å². The van der Waals surface area contributed by atoms with Crippen molar-refractivity contribution in [2.45, 2.75) is 6.92 Å². The first-order valence-electron chi connectivity index (χ1n) is 15.6. The van der Waals surface area contributed by atoms with Crippen LogP contribution in [0.15, 0.2) is 134 Å². The molecule has 4 nitrogen and oxygen atoms in total. The molecule has 0 fully saturated rings. The summed E-state index contributed by atoms with van der Waals surface area (Å²) in [5.41, 5.74) is 10.5. The van der Waals surface area contributed by atoms with Gasteiger partial charge in [-0.2, -0.15) is 10.5 Å². The van der Waals surface area contributed by atoms with E-state index >= 15 is 0 Å². The number of fused-ring (bicyclic) bond motifs is 6. The zero-order chi connectivity index (χ0) is 32.1. The van der Waals surface area contributed by atoms with Gasteiger partial charge in [-0.15, -0.1) is 0 Å². The Kier molecular flexibility index (Phi) is 6.57. The van der Waals surface area contributed by atoms with Crippen LogP contribution in [0.25, 0.3) is 78.3 Å². The summed E-state index contributed by atoms with van der Waals surface area (Å²) in [5, 5.41) is 25.4. The van der Waals surface area contributed by atoms with E-state index in [1.165, 1.54) is 0 Å². The molecule has 0 aliphatic rings. The van der Waals surface area contributed by atoms with Crippen LogP contribution in [0.1, 0.15) is 29.2 Å². The van der Waals surface area contributed by atoms with Gasteiger partial charge in [-0.05, 0) is 71.6 Å². The average molecular weight is 601 g/mol. The lowest BCUT2D eigenvalue weighted by molar-refractivity contribution is 1.08. The molecule has 0 aliphatic heterocycles. The number of nitriles is 2. The number of hydrogen-bond acceptors (Lipinski definition) is 2. The highest BCUT2D eigenvalue weighted by Gasteiger charge is 2.24. The SMILES string of the molecule is C=Cc1ccc2c(c1/C=C\C)c1ccccc1n2-c1ccc(C#N)c(C#N)c1-n1c2ccccc2c2cc(-c3ccccc3)ccc21. The van der Waals surface area contributed by atoms with E-state index in [1.807, 2.05) is 55.5 Å². The van der Waals surface area contributed by atoms with Crippen LogP contribution in [0.5, 0.6) is 0 Å². The molecule has 8 rings (SSSR count). The van der Waals surface area contributed by atoms with E-state index in [0.717, 1.165) is 71.6 Å². The van der Waals surface area contributed by atoms with Gasteiger partial charge in [-0.3, -0.25) is 0 Å².